The fourth-order valence-corrected chi connectivity index (χ4v) is 2.01. The molecule has 0 saturated heterocycles. The van der Waals surface area contributed by atoms with Crippen molar-refractivity contribution in [1.82, 2.24) is 5.32 Å². The predicted molar refractivity (Wildman–Crippen MR) is 71.9 cm³/mol. The number of nitrogens with one attached hydrogen (secondary N) is 1. The van der Waals surface area contributed by atoms with Gasteiger partial charge in [0.25, 0.3) is 0 Å². The molecule has 1 unspecified atom stereocenters. The number of hydrogen-bond acceptors (Lipinski definition) is 3. The maximum absolute atomic E-state index is 13.1. The molecule has 102 valence electrons. The first-order valence-electron chi connectivity index (χ1n) is 6.38. The summed E-state index contributed by atoms with van der Waals surface area (Å²) < 4.78 is 18.3. The fourth-order valence-electron chi connectivity index (χ4n) is 2.01. The van der Waals surface area contributed by atoms with Crippen molar-refractivity contribution in [3.05, 3.63) is 35.6 Å². The molecule has 0 aliphatic heterocycles. The lowest BCUT2D eigenvalue weighted by Crippen LogP contribution is -2.35. The molecule has 3 nitrogen and oxygen atoms in total. The van der Waals surface area contributed by atoms with Crippen molar-refractivity contribution in [1.29, 1.82) is 0 Å². The highest BCUT2D eigenvalue weighted by atomic mass is 19.1. The van der Waals surface area contributed by atoms with E-state index >= 15 is 0 Å². The highest BCUT2D eigenvalue weighted by Gasteiger charge is 2.13. The van der Waals surface area contributed by atoms with Gasteiger partial charge in [0, 0.05) is 19.2 Å². The van der Waals surface area contributed by atoms with Gasteiger partial charge in [0.05, 0.1) is 6.61 Å². The third kappa shape index (κ3) is 5.12. The Hall–Kier alpha value is -0.970. The van der Waals surface area contributed by atoms with Gasteiger partial charge < -0.3 is 15.8 Å². The van der Waals surface area contributed by atoms with E-state index in [-0.39, 0.29) is 17.9 Å². The van der Waals surface area contributed by atoms with Gasteiger partial charge in [-0.3, -0.25) is 0 Å². The van der Waals surface area contributed by atoms with Crippen LogP contribution in [-0.4, -0.2) is 26.3 Å². The molecule has 0 spiro atoms. The second-order valence-electron chi connectivity index (χ2n) is 4.53. The maximum atomic E-state index is 13.1. The summed E-state index contributed by atoms with van der Waals surface area (Å²) in [6.07, 6.45) is 1.92. The number of methoxy groups -OCH3 is 1. The minimum Gasteiger partial charge on any atom is -0.383 e. The summed E-state index contributed by atoms with van der Waals surface area (Å²) in [5.74, 6) is -0.202. The van der Waals surface area contributed by atoms with Crippen LogP contribution < -0.4 is 11.1 Å². The summed E-state index contributed by atoms with van der Waals surface area (Å²) in [4.78, 5) is 0. The number of hydrogen-bond donors (Lipinski definition) is 2. The molecule has 0 saturated carbocycles. The Balaban J connectivity index is 2.56. The van der Waals surface area contributed by atoms with Gasteiger partial charge in [-0.2, -0.15) is 0 Å². The van der Waals surface area contributed by atoms with Gasteiger partial charge in [-0.15, -0.1) is 0 Å². The van der Waals surface area contributed by atoms with Crippen LogP contribution in [0, 0.1) is 5.82 Å². The van der Waals surface area contributed by atoms with Gasteiger partial charge in [-0.1, -0.05) is 12.1 Å². The third-order valence-corrected chi connectivity index (χ3v) is 2.96. The van der Waals surface area contributed by atoms with E-state index in [0.29, 0.717) is 13.2 Å². The summed E-state index contributed by atoms with van der Waals surface area (Å²) in [6.45, 7) is 3.34. The number of benzene rings is 1. The molecule has 1 aromatic carbocycles. The Morgan fingerprint density at radius 3 is 2.83 bits per heavy atom. The lowest BCUT2D eigenvalue weighted by molar-refractivity contribution is 0.156. The van der Waals surface area contributed by atoms with Gasteiger partial charge in [-0.05, 0) is 44.0 Å². The molecular weight excluding hydrogens is 231 g/mol. The zero-order valence-electron chi connectivity index (χ0n) is 11.2. The van der Waals surface area contributed by atoms with Crippen molar-refractivity contribution in [2.75, 3.05) is 20.3 Å². The number of rotatable bonds is 8. The van der Waals surface area contributed by atoms with Crippen LogP contribution in [0.15, 0.2) is 24.3 Å². The van der Waals surface area contributed by atoms with Crippen LogP contribution in [0.3, 0.4) is 0 Å². The van der Waals surface area contributed by atoms with Crippen molar-refractivity contribution < 1.29 is 9.13 Å². The number of ether oxygens (including phenoxy) is 1. The quantitative estimate of drug-likeness (QED) is 0.748. The van der Waals surface area contributed by atoms with E-state index in [1.165, 1.54) is 6.07 Å². The Kier molecular flexibility index (Phi) is 6.86. The molecule has 4 heteroatoms. The SMILES string of the molecule is COCC(CCCN)N[C@@H](C)c1cccc(F)c1. The van der Waals surface area contributed by atoms with E-state index < -0.39 is 0 Å². The van der Waals surface area contributed by atoms with E-state index in [9.17, 15) is 4.39 Å². The van der Waals surface area contributed by atoms with Crippen molar-refractivity contribution in [2.45, 2.75) is 31.8 Å². The Labute approximate surface area is 109 Å². The first-order valence-corrected chi connectivity index (χ1v) is 6.38. The standard InChI is InChI=1S/C14H23FN2O/c1-11(12-5-3-6-13(15)9-12)17-14(10-18-2)7-4-8-16/h3,5-6,9,11,14,17H,4,7-8,10,16H2,1-2H3/t11-,14?/m0/s1. The van der Waals surface area contributed by atoms with E-state index in [2.05, 4.69) is 5.32 Å². The minimum absolute atomic E-state index is 0.0959. The minimum atomic E-state index is -0.202. The van der Waals surface area contributed by atoms with Crippen LogP contribution in [0.2, 0.25) is 0 Å². The number of nitrogens with two attached hydrogens (primary N) is 1. The topological polar surface area (TPSA) is 47.3 Å². The summed E-state index contributed by atoms with van der Waals surface area (Å²) in [7, 11) is 1.68. The Morgan fingerprint density at radius 1 is 1.44 bits per heavy atom. The van der Waals surface area contributed by atoms with Gasteiger partial charge in [0.15, 0.2) is 0 Å². The van der Waals surface area contributed by atoms with Gasteiger partial charge >= 0.3 is 0 Å². The zero-order valence-corrected chi connectivity index (χ0v) is 11.2. The molecule has 0 bridgehead atoms. The van der Waals surface area contributed by atoms with Crippen molar-refractivity contribution >= 4 is 0 Å². The molecule has 0 fully saturated rings. The summed E-state index contributed by atoms with van der Waals surface area (Å²) >= 11 is 0. The second kappa shape index (κ2) is 8.19. The molecule has 18 heavy (non-hydrogen) atoms. The Bertz CT molecular complexity index is 346. The third-order valence-electron chi connectivity index (χ3n) is 2.96. The van der Waals surface area contributed by atoms with Crippen LogP contribution >= 0.6 is 0 Å². The highest BCUT2D eigenvalue weighted by Crippen LogP contribution is 2.15. The average molecular weight is 254 g/mol. The van der Waals surface area contributed by atoms with Crippen LogP contribution in [0.25, 0.3) is 0 Å². The summed E-state index contributed by atoms with van der Waals surface area (Å²) in [5.41, 5.74) is 6.46. The summed E-state index contributed by atoms with van der Waals surface area (Å²) in [5, 5.41) is 3.45. The molecule has 1 rings (SSSR count). The first-order chi connectivity index (χ1) is 8.67. The van der Waals surface area contributed by atoms with Crippen molar-refractivity contribution in [3.63, 3.8) is 0 Å². The van der Waals surface area contributed by atoms with Crippen molar-refractivity contribution in [3.8, 4) is 0 Å². The second-order valence-corrected chi connectivity index (χ2v) is 4.53. The summed E-state index contributed by atoms with van der Waals surface area (Å²) in [6, 6.07) is 7.01. The molecule has 0 radical (unpaired) electrons. The average Bonchev–Trinajstić information content (AvgIpc) is 2.36. The lowest BCUT2D eigenvalue weighted by Gasteiger charge is -2.23. The maximum Gasteiger partial charge on any atom is 0.123 e. The molecule has 2 atom stereocenters. The van der Waals surface area contributed by atoms with Gasteiger partial charge in [-0.25, -0.2) is 4.39 Å². The number of halogens is 1. The van der Waals surface area contributed by atoms with Gasteiger partial charge in [0.1, 0.15) is 5.82 Å². The lowest BCUT2D eigenvalue weighted by atomic mass is 10.1. The normalized spacial score (nSPS) is 14.4. The van der Waals surface area contributed by atoms with E-state index in [1.54, 1.807) is 19.2 Å². The monoisotopic (exact) mass is 254 g/mol. The molecule has 0 heterocycles. The Morgan fingerprint density at radius 2 is 2.22 bits per heavy atom. The van der Waals surface area contributed by atoms with Gasteiger partial charge in [0.2, 0.25) is 0 Å². The van der Waals surface area contributed by atoms with Crippen LogP contribution in [0.5, 0.6) is 0 Å². The predicted octanol–water partition coefficient (Wildman–Crippen LogP) is 2.23. The fraction of sp³-hybridized carbons (Fsp3) is 0.571. The first kappa shape index (κ1) is 15.1. The highest BCUT2D eigenvalue weighted by molar-refractivity contribution is 5.19. The van der Waals surface area contributed by atoms with Crippen molar-refractivity contribution in [2.24, 2.45) is 5.73 Å². The molecule has 0 amide bonds. The molecule has 1 aromatic rings. The molecular formula is C14H23FN2O. The van der Waals surface area contributed by atoms with Crippen LogP contribution in [0.4, 0.5) is 4.39 Å². The largest absolute Gasteiger partial charge is 0.383 e. The van der Waals surface area contributed by atoms with Crippen LogP contribution in [0.1, 0.15) is 31.4 Å². The van der Waals surface area contributed by atoms with Crippen LogP contribution in [-0.2, 0) is 4.74 Å². The molecule has 3 N–H and O–H groups in total. The van der Waals surface area contributed by atoms with E-state index in [0.717, 1.165) is 18.4 Å². The molecule has 0 aliphatic rings. The van der Waals surface area contributed by atoms with E-state index in [1.807, 2.05) is 13.0 Å². The van der Waals surface area contributed by atoms with E-state index in [4.69, 9.17) is 10.5 Å². The molecule has 0 aliphatic carbocycles. The molecule has 0 aromatic heterocycles. The smallest absolute Gasteiger partial charge is 0.123 e. The zero-order chi connectivity index (χ0) is 13.4.